The standard InChI is InChI=1S/C14H23N3O/c1-4-17(11-14(18)16(2)3)10-9-12-7-5-6-8-13(12)15/h5-8H,4,9-11,15H2,1-3H3. The van der Waals surface area contributed by atoms with Gasteiger partial charge < -0.3 is 10.6 Å². The first-order valence-corrected chi connectivity index (χ1v) is 6.30. The minimum absolute atomic E-state index is 0.137. The van der Waals surface area contributed by atoms with Crippen LogP contribution in [0.4, 0.5) is 5.69 Å². The average molecular weight is 249 g/mol. The van der Waals surface area contributed by atoms with E-state index in [9.17, 15) is 4.79 Å². The van der Waals surface area contributed by atoms with Crippen LogP contribution in [0.3, 0.4) is 0 Å². The molecule has 0 unspecified atom stereocenters. The molecule has 0 radical (unpaired) electrons. The highest BCUT2D eigenvalue weighted by Crippen LogP contribution is 2.11. The van der Waals surface area contributed by atoms with Crippen molar-refractivity contribution in [3.63, 3.8) is 0 Å². The van der Waals surface area contributed by atoms with E-state index in [1.807, 2.05) is 24.3 Å². The number of nitrogens with two attached hydrogens (primary N) is 1. The number of hydrogen-bond acceptors (Lipinski definition) is 3. The number of para-hydroxylation sites is 1. The number of carbonyl (C=O) groups is 1. The van der Waals surface area contributed by atoms with Crippen molar-refractivity contribution >= 4 is 11.6 Å². The second-order valence-electron chi connectivity index (χ2n) is 4.61. The van der Waals surface area contributed by atoms with Gasteiger partial charge in [0.25, 0.3) is 0 Å². The number of amides is 1. The molecule has 18 heavy (non-hydrogen) atoms. The SMILES string of the molecule is CCN(CCc1ccccc1N)CC(=O)N(C)C. The van der Waals surface area contributed by atoms with Gasteiger partial charge in [-0.2, -0.15) is 0 Å². The van der Waals surface area contributed by atoms with E-state index in [2.05, 4.69) is 11.8 Å². The maximum absolute atomic E-state index is 11.6. The van der Waals surface area contributed by atoms with Crippen LogP contribution in [0.25, 0.3) is 0 Å². The fraction of sp³-hybridized carbons (Fsp3) is 0.500. The number of anilines is 1. The third-order valence-corrected chi connectivity index (χ3v) is 3.06. The Labute approximate surface area is 109 Å². The number of likely N-dealkylation sites (N-methyl/N-ethyl adjacent to an activating group) is 2. The molecule has 0 fully saturated rings. The van der Waals surface area contributed by atoms with E-state index in [1.165, 1.54) is 0 Å². The van der Waals surface area contributed by atoms with Crippen LogP contribution >= 0.6 is 0 Å². The summed E-state index contributed by atoms with van der Waals surface area (Å²) in [7, 11) is 3.57. The predicted molar refractivity (Wildman–Crippen MR) is 75.4 cm³/mol. The second kappa shape index (κ2) is 7.01. The van der Waals surface area contributed by atoms with E-state index >= 15 is 0 Å². The second-order valence-corrected chi connectivity index (χ2v) is 4.61. The van der Waals surface area contributed by atoms with Gasteiger partial charge in [0.1, 0.15) is 0 Å². The van der Waals surface area contributed by atoms with E-state index in [0.29, 0.717) is 6.54 Å². The Morgan fingerprint density at radius 1 is 1.28 bits per heavy atom. The normalized spacial score (nSPS) is 10.7. The zero-order chi connectivity index (χ0) is 13.5. The molecule has 1 rings (SSSR count). The van der Waals surface area contributed by atoms with Crippen LogP contribution in [0.2, 0.25) is 0 Å². The van der Waals surface area contributed by atoms with Crippen LogP contribution < -0.4 is 5.73 Å². The van der Waals surface area contributed by atoms with Gasteiger partial charge >= 0.3 is 0 Å². The number of rotatable bonds is 6. The summed E-state index contributed by atoms with van der Waals surface area (Å²) in [5.41, 5.74) is 7.88. The summed E-state index contributed by atoms with van der Waals surface area (Å²) in [6, 6.07) is 7.88. The number of nitrogen functional groups attached to an aromatic ring is 1. The highest BCUT2D eigenvalue weighted by atomic mass is 16.2. The zero-order valence-electron chi connectivity index (χ0n) is 11.5. The smallest absolute Gasteiger partial charge is 0.236 e. The lowest BCUT2D eigenvalue weighted by atomic mass is 10.1. The Kier molecular flexibility index (Phi) is 5.65. The summed E-state index contributed by atoms with van der Waals surface area (Å²) in [6.45, 7) is 4.25. The van der Waals surface area contributed by atoms with Crippen molar-refractivity contribution in [2.45, 2.75) is 13.3 Å². The molecule has 1 amide bonds. The summed E-state index contributed by atoms with van der Waals surface area (Å²) in [4.78, 5) is 15.4. The van der Waals surface area contributed by atoms with Crippen molar-refractivity contribution in [3.8, 4) is 0 Å². The van der Waals surface area contributed by atoms with Gasteiger partial charge in [0.05, 0.1) is 6.54 Å². The highest BCUT2D eigenvalue weighted by Gasteiger charge is 2.10. The molecule has 0 aliphatic rings. The highest BCUT2D eigenvalue weighted by molar-refractivity contribution is 5.77. The summed E-state index contributed by atoms with van der Waals surface area (Å²) >= 11 is 0. The molecule has 0 aliphatic carbocycles. The van der Waals surface area contributed by atoms with Gasteiger partial charge in [0, 0.05) is 26.3 Å². The maximum Gasteiger partial charge on any atom is 0.236 e. The molecular formula is C14H23N3O. The molecule has 0 heterocycles. The Hall–Kier alpha value is -1.55. The average Bonchev–Trinajstić information content (AvgIpc) is 2.35. The van der Waals surface area contributed by atoms with Gasteiger partial charge in [0.2, 0.25) is 5.91 Å². The summed E-state index contributed by atoms with van der Waals surface area (Å²) < 4.78 is 0. The largest absolute Gasteiger partial charge is 0.399 e. The Bertz CT molecular complexity index is 390. The van der Waals surface area contributed by atoms with E-state index in [-0.39, 0.29) is 5.91 Å². The van der Waals surface area contributed by atoms with Gasteiger partial charge in [-0.1, -0.05) is 25.1 Å². The van der Waals surface area contributed by atoms with Crippen LogP contribution in [0.15, 0.2) is 24.3 Å². The van der Waals surface area contributed by atoms with E-state index in [1.54, 1.807) is 19.0 Å². The monoisotopic (exact) mass is 249 g/mol. The van der Waals surface area contributed by atoms with Crippen molar-refractivity contribution in [2.24, 2.45) is 0 Å². The first kappa shape index (κ1) is 14.5. The molecule has 0 atom stereocenters. The van der Waals surface area contributed by atoms with E-state index < -0.39 is 0 Å². The Morgan fingerprint density at radius 2 is 1.94 bits per heavy atom. The van der Waals surface area contributed by atoms with Crippen LogP contribution in [0.5, 0.6) is 0 Å². The number of carbonyl (C=O) groups excluding carboxylic acids is 1. The minimum Gasteiger partial charge on any atom is -0.399 e. The maximum atomic E-state index is 11.6. The molecule has 1 aromatic carbocycles. The third-order valence-electron chi connectivity index (χ3n) is 3.06. The van der Waals surface area contributed by atoms with Crippen LogP contribution in [0.1, 0.15) is 12.5 Å². The van der Waals surface area contributed by atoms with Gasteiger partial charge in [-0.25, -0.2) is 0 Å². The molecule has 4 nitrogen and oxygen atoms in total. The van der Waals surface area contributed by atoms with Crippen molar-refractivity contribution in [3.05, 3.63) is 29.8 Å². The number of nitrogens with zero attached hydrogens (tertiary/aromatic N) is 2. The third kappa shape index (κ3) is 4.37. The molecule has 0 saturated heterocycles. The van der Waals surface area contributed by atoms with Crippen molar-refractivity contribution in [1.82, 2.24) is 9.80 Å². The predicted octanol–water partition coefficient (Wildman–Crippen LogP) is 1.22. The zero-order valence-corrected chi connectivity index (χ0v) is 11.5. The molecule has 0 saturated carbocycles. The lowest BCUT2D eigenvalue weighted by molar-refractivity contribution is -0.129. The lowest BCUT2D eigenvalue weighted by Crippen LogP contribution is -2.37. The molecule has 1 aromatic rings. The minimum atomic E-state index is 0.137. The molecule has 2 N–H and O–H groups in total. The van der Waals surface area contributed by atoms with Crippen molar-refractivity contribution in [1.29, 1.82) is 0 Å². The van der Waals surface area contributed by atoms with Gasteiger partial charge in [0.15, 0.2) is 0 Å². The topological polar surface area (TPSA) is 49.6 Å². The van der Waals surface area contributed by atoms with Crippen LogP contribution in [-0.2, 0) is 11.2 Å². The molecular weight excluding hydrogens is 226 g/mol. The van der Waals surface area contributed by atoms with E-state index in [0.717, 1.165) is 30.8 Å². The fourth-order valence-electron chi connectivity index (χ4n) is 1.72. The molecule has 0 aromatic heterocycles. The number of hydrogen-bond donors (Lipinski definition) is 1. The first-order valence-electron chi connectivity index (χ1n) is 6.30. The molecule has 4 heteroatoms. The van der Waals surface area contributed by atoms with Gasteiger partial charge in [-0.3, -0.25) is 9.69 Å². The molecule has 0 aliphatic heterocycles. The summed E-state index contributed by atoms with van der Waals surface area (Å²) in [5, 5.41) is 0. The van der Waals surface area contributed by atoms with Crippen molar-refractivity contribution < 1.29 is 4.79 Å². The van der Waals surface area contributed by atoms with E-state index in [4.69, 9.17) is 5.73 Å². The molecule has 100 valence electrons. The Balaban J connectivity index is 2.50. The van der Waals surface area contributed by atoms with Crippen molar-refractivity contribution in [2.75, 3.05) is 39.5 Å². The van der Waals surface area contributed by atoms with Crippen LogP contribution in [0, 0.1) is 0 Å². The quantitative estimate of drug-likeness (QED) is 0.771. The summed E-state index contributed by atoms with van der Waals surface area (Å²) in [5.74, 6) is 0.137. The molecule has 0 bridgehead atoms. The van der Waals surface area contributed by atoms with Gasteiger partial charge in [-0.15, -0.1) is 0 Å². The number of benzene rings is 1. The summed E-state index contributed by atoms with van der Waals surface area (Å²) in [6.07, 6.45) is 0.876. The Morgan fingerprint density at radius 3 is 2.50 bits per heavy atom. The fourth-order valence-corrected chi connectivity index (χ4v) is 1.72. The molecule has 0 spiro atoms. The first-order chi connectivity index (χ1) is 8.54. The lowest BCUT2D eigenvalue weighted by Gasteiger charge is -2.22. The van der Waals surface area contributed by atoms with Gasteiger partial charge in [-0.05, 0) is 24.6 Å². The van der Waals surface area contributed by atoms with Crippen LogP contribution in [-0.4, -0.2) is 49.4 Å².